The molecule has 6 heteroatoms. The van der Waals surface area contributed by atoms with Gasteiger partial charge in [0, 0.05) is 13.2 Å². The predicted molar refractivity (Wildman–Crippen MR) is 57.9 cm³/mol. The number of aromatic nitrogens is 3. The number of hydrogen-bond acceptors (Lipinski definition) is 3. The van der Waals surface area contributed by atoms with Gasteiger partial charge in [-0.05, 0) is 22.9 Å². The van der Waals surface area contributed by atoms with Crippen LogP contribution < -0.4 is 0 Å². The Kier molecular flexibility index (Phi) is 2.22. The van der Waals surface area contributed by atoms with E-state index < -0.39 is 5.97 Å². The Bertz CT molecular complexity index is 562. The van der Waals surface area contributed by atoms with Crippen LogP contribution in [0.5, 0.6) is 0 Å². The van der Waals surface area contributed by atoms with E-state index in [9.17, 15) is 4.79 Å². The molecule has 5 nitrogen and oxygen atoms in total. The van der Waals surface area contributed by atoms with Gasteiger partial charge in [0.1, 0.15) is 27.0 Å². The molecule has 0 fully saturated rings. The van der Waals surface area contributed by atoms with Crippen LogP contribution >= 0.6 is 15.9 Å². The van der Waals surface area contributed by atoms with E-state index in [0.717, 1.165) is 0 Å². The maximum atomic E-state index is 11.0. The molecule has 0 amide bonds. The standard InChI is InChI=1S/C9H8BrN3O2/c1-4-11-6-5(9(14)15)3-13(2)7(6)8(10)12-4/h3H,1-2H3,(H,14,15). The lowest BCUT2D eigenvalue weighted by Gasteiger charge is -1.99. The van der Waals surface area contributed by atoms with Gasteiger partial charge in [-0.3, -0.25) is 0 Å². The monoisotopic (exact) mass is 269 g/mol. The second-order valence-electron chi connectivity index (χ2n) is 3.22. The minimum atomic E-state index is -0.981. The van der Waals surface area contributed by atoms with Crippen molar-refractivity contribution in [2.24, 2.45) is 7.05 Å². The number of rotatable bonds is 1. The molecule has 2 rings (SSSR count). The fraction of sp³-hybridized carbons (Fsp3) is 0.222. The third-order valence-corrected chi connectivity index (χ3v) is 2.67. The van der Waals surface area contributed by atoms with E-state index in [1.807, 2.05) is 0 Å². The molecule has 15 heavy (non-hydrogen) atoms. The Hall–Kier alpha value is -1.43. The Morgan fingerprint density at radius 1 is 1.53 bits per heavy atom. The molecule has 0 unspecified atom stereocenters. The molecule has 2 heterocycles. The quantitative estimate of drug-likeness (QED) is 0.801. The summed E-state index contributed by atoms with van der Waals surface area (Å²) in [6.45, 7) is 1.73. The molecule has 0 saturated heterocycles. The largest absolute Gasteiger partial charge is 0.478 e. The highest BCUT2D eigenvalue weighted by molar-refractivity contribution is 9.10. The van der Waals surface area contributed by atoms with Crippen LogP contribution in [0.25, 0.3) is 11.0 Å². The van der Waals surface area contributed by atoms with E-state index >= 15 is 0 Å². The van der Waals surface area contributed by atoms with Crippen LogP contribution in [-0.4, -0.2) is 25.6 Å². The molecular formula is C9H8BrN3O2. The van der Waals surface area contributed by atoms with Crippen molar-refractivity contribution in [3.05, 3.63) is 22.2 Å². The first-order valence-corrected chi connectivity index (χ1v) is 5.02. The van der Waals surface area contributed by atoms with E-state index in [4.69, 9.17) is 5.11 Å². The van der Waals surface area contributed by atoms with Gasteiger partial charge in [0.2, 0.25) is 0 Å². The smallest absolute Gasteiger partial charge is 0.339 e. The molecule has 0 radical (unpaired) electrons. The summed E-state index contributed by atoms with van der Waals surface area (Å²) in [7, 11) is 1.76. The van der Waals surface area contributed by atoms with Gasteiger partial charge in [0.25, 0.3) is 0 Å². The van der Waals surface area contributed by atoms with Gasteiger partial charge in [-0.15, -0.1) is 0 Å². The second-order valence-corrected chi connectivity index (χ2v) is 3.97. The van der Waals surface area contributed by atoms with Crippen LogP contribution in [0.3, 0.4) is 0 Å². The zero-order valence-corrected chi connectivity index (χ0v) is 9.74. The highest BCUT2D eigenvalue weighted by Gasteiger charge is 2.17. The van der Waals surface area contributed by atoms with Crippen LogP contribution in [0.1, 0.15) is 16.2 Å². The van der Waals surface area contributed by atoms with Crippen LogP contribution in [0, 0.1) is 6.92 Å². The first-order chi connectivity index (χ1) is 7.00. The number of hydrogen-bond donors (Lipinski definition) is 1. The maximum Gasteiger partial charge on any atom is 0.339 e. The molecule has 1 N–H and O–H groups in total. The van der Waals surface area contributed by atoms with Crippen molar-refractivity contribution in [1.82, 2.24) is 14.5 Å². The Labute approximate surface area is 93.9 Å². The SMILES string of the molecule is Cc1nc(Br)c2c(n1)c(C(=O)O)cn2C. The summed E-state index contributed by atoms with van der Waals surface area (Å²) in [5.41, 5.74) is 1.35. The first kappa shape index (κ1) is 10.1. The van der Waals surface area contributed by atoms with Crippen LogP contribution in [0.4, 0.5) is 0 Å². The number of carboxylic acids is 1. The highest BCUT2D eigenvalue weighted by Crippen LogP contribution is 2.24. The zero-order valence-electron chi connectivity index (χ0n) is 8.15. The summed E-state index contributed by atoms with van der Waals surface area (Å²) in [6.07, 6.45) is 1.53. The van der Waals surface area contributed by atoms with E-state index in [1.54, 1.807) is 18.5 Å². The number of carboxylic acid groups (broad SMARTS) is 1. The van der Waals surface area contributed by atoms with E-state index in [0.29, 0.717) is 21.5 Å². The Morgan fingerprint density at radius 3 is 2.80 bits per heavy atom. The molecule has 0 aliphatic carbocycles. The maximum absolute atomic E-state index is 11.0. The van der Waals surface area contributed by atoms with Gasteiger partial charge in [0.15, 0.2) is 0 Å². The third kappa shape index (κ3) is 1.50. The van der Waals surface area contributed by atoms with Gasteiger partial charge in [-0.1, -0.05) is 0 Å². The number of aromatic carboxylic acids is 1. The van der Waals surface area contributed by atoms with Crippen molar-refractivity contribution >= 4 is 32.9 Å². The Balaban J connectivity index is 2.93. The highest BCUT2D eigenvalue weighted by atomic mass is 79.9. The summed E-state index contributed by atoms with van der Waals surface area (Å²) in [4.78, 5) is 19.2. The number of fused-ring (bicyclic) bond motifs is 1. The van der Waals surface area contributed by atoms with Crippen molar-refractivity contribution < 1.29 is 9.90 Å². The molecule has 0 atom stereocenters. The molecule has 0 saturated carbocycles. The van der Waals surface area contributed by atoms with Crippen molar-refractivity contribution in [3.8, 4) is 0 Å². The van der Waals surface area contributed by atoms with Gasteiger partial charge in [-0.2, -0.15) is 0 Å². The van der Waals surface area contributed by atoms with Gasteiger partial charge in [0.05, 0.1) is 0 Å². The number of aryl methyl sites for hydroxylation is 2. The summed E-state index contributed by atoms with van der Waals surface area (Å²) in [6, 6.07) is 0. The molecule has 0 bridgehead atoms. The normalized spacial score (nSPS) is 10.9. The lowest BCUT2D eigenvalue weighted by Crippen LogP contribution is -1.97. The summed E-state index contributed by atoms with van der Waals surface area (Å²) >= 11 is 3.30. The molecule has 0 aliphatic rings. The average molecular weight is 270 g/mol. The number of nitrogens with zero attached hydrogens (tertiary/aromatic N) is 3. The number of carbonyl (C=O) groups is 1. The van der Waals surface area contributed by atoms with Gasteiger partial charge >= 0.3 is 5.97 Å². The minimum absolute atomic E-state index is 0.193. The van der Waals surface area contributed by atoms with E-state index in [2.05, 4.69) is 25.9 Å². The van der Waals surface area contributed by atoms with Gasteiger partial charge in [-0.25, -0.2) is 14.8 Å². The van der Waals surface area contributed by atoms with Crippen molar-refractivity contribution in [1.29, 1.82) is 0 Å². The minimum Gasteiger partial charge on any atom is -0.478 e. The van der Waals surface area contributed by atoms with Crippen LogP contribution in [0.15, 0.2) is 10.8 Å². The average Bonchev–Trinajstić information content (AvgIpc) is 2.42. The molecule has 2 aromatic rings. The van der Waals surface area contributed by atoms with E-state index in [-0.39, 0.29) is 5.56 Å². The zero-order chi connectivity index (χ0) is 11.2. The van der Waals surface area contributed by atoms with Crippen LogP contribution in [-0.2, 0) is 7.05 Å². The topological polar surface area (TPSA) is 68.0 Å². The molecule has 2 aromatic heterocycles. The molecule has 0 aromatic carbocycles. The fourth-order valence-electron chi connectivity index (χ4n) is 1.51. The molecule has 0 spiro atoms. The van der Waals surface area contributed by atoms with Crippen molar-refractivity contribution in [2.45, 2.75) is 6.92 Å². The Morgan fingerprint density at radius 2 is 2.20 bits per heavy atom. The van der Waals surface area contributed by atoms with Crippen molar-refractivity contribution in [3.63, 3.8) is 0 Å². The summed E-state index contributed by atoms with van der Waals surface area (Å²) in [5.74, 6) is -0.436. The molecular weight excluding hydrogens is 262 g/mol. The van der Waals surface area contributed by atoms with Gasteiger partial charge < -0.3 is 9.67 Å². The first-order valence-electron chi connectivity index (χ1n) is 4.23. The third-order valence-electron chi connectivity index (χ3n) is 2.11. The summed E-state index contributed by atoms with van der Waals surface area (Å²) in [5, 5.41) is 8.99. The molecule has 0 aliphatic heterocycles. The van der Waals surface area contributed by atoms with E-state index in [1.165, 1.54) is 6.20 Å². The fourth-order valence-corrected chi connectivity index (χ4v) is 2.23. The van der Waals surface area contributed by atoms with Crippen LogP contribution in [0.2, 0.25) is 0 Å². The lowest BCUT2D eigenvalue weighted by atomic mass is 10.3. The lowest BCUT2D eigenvalue weighted by molar-refractivity contribution is 0.0698. The number of halogens is 1. The van der Waals surface area contributed by atoms with Crippen molar-refractivity contribution in [2.75, 3.05) is 0 Å². The predicted octanol–water partition coefficient (Wildman–Crippen LogP) is 1.74. The summed E-state index contributed by atoms with van der Waals surface area (Å²) < 4.78 is 2.31. The molecule has 78 valence electrons. The second kappa shape index (κ2) is 3.30.